The topological polar surface area (TPSA) is 9.23 Å². The van der Waals surface area contributed by atoms with Gasteiger partial charge in [0, 0.05) is 10.6 Å². The number of hydrogen-bond acceptors (Lipinski definition) is 1. The molecule has 0 N–H and O–H groups in total. The highest BCUT2D eigenvalue weighted by Gasteiger charge is 2.20. The van der Waals surface area contributed by atoms with E-state index in [-0.39, 0.29) is 4.83 Å². The maximum absolute atomic E-state index is 6.18. The summed E-state index contributed by atoms with van der Waals surface area (Å²) < 4.78 is 6.37. The highest BCUT2D eigenvalue weighted by molar-refractivity contribution is 9.10. The molecule has 0 aromatic heterocycles. The van der Waals surface area contributed by atoms with Crippen LogP contribution in [-0.2, 0) is 0 Å². The van der Waals surface area contributed by atoms with Crippen molar-refractivity contribution in [3.8, 4) is 5.75 Å². The number of aryl methyl sites for hydroxylation is 2. The average Bonchev–Trinajstić information content (AvgIpc) is 2.40. The molecule has 1 atom stereocenters. The van der Waals surface area contributed by atoms with Gasteiger partial charge in [0.05, 0.1) is 16.4 Å². The predicted molar refractivity (Wildman–Crippen MR) is 92.4 cm³/mol. The number of halogens is 3. The smallest absolute Gasteiger partial charge is 0.137 e. The molecule has 0 aliphatic carbocycles. The fourth-order valence-corrected chi connectivity index (χ4v) is 4.01. The average molecular weight is 419 g/mol. The lowest BCUT2D eigenvalue weighted by Crippen LogP contribution is -2.00. The number of rotatable bonds is 3. The first-order valence-corrected chi connectivity index (χ1v) is 8.27. The second-order valence-electron chi connectivity index (χ2n) is 4.73. The van der Waals surface area contributed by atoms with Crippen molar-refractivity contribution < 1.29 is 4.74 Å². The van der Waals surface area contributed by atoms with Crippen LogP contribution < -0.4 is 4.74 Å². The molecule has 2 rings (SSSR count). The maximum atomic E-state index is 6.18. The maximum Gasteiger partial charge on any atom is 0.137 e. The van der Waals surface area contributed by atoms with Crippen molar-refractivity contribution in [1.29, 1.82) is 0 Å². The molecule has 0 fully saturated rings. The van der Waals surface area contributed by atoms with Crippen molar-refractivity contribution in [3.05, 3.63) is 62.1 Å². The SMILES string of the molecule is COc1c(Br)cc(Cl)cc1C(Br)c1cc(C)ccc1C. The number of hydrogen-bond donors (Lipinski definition) is 0. The Morgan fingerprint density at radius 3 is 2.45 bits per heavy atom. The molecule has 0 saturated heterocycles. The number of benzene rings is 2. The van der Waals surface area contributed by atoms with Crippen LogP contribution in [0, 0.1) is 13.8 Å². The summed E-state index contributed by atoms with van der Waals surface area (Å²) in [4.78, 5) is 0.0346. The van der Waals surface area contributed by atoms with Gasteiger partial charge in [0.15, 0.2) is 0 Å². The van der Waals surface area contributed by atoms with Gasteiger partial charge in [-0.3, -0.25) is 0 Å². The zero-order chi connectivity index (χ0) is 14.9. The summed E-state index contributed by atoms with van der Waals surface area (Å²) in [6, 6.07) is 10.2. The van der Waals surface area contributed by atoms with Crippen LogP contribution in [0.5, 0.6) is 5.75 Å². The van der Waals surface area contributed by atoms with E-state index in [9.17, 15) is 0 Å². The van der Waals surface area contributed by atoms with Crippen LogP contribution in [0.1, 0.15) is 27.1 Å². The first-order valence-electron chi connectivity index (χ1n) is 6.18. The third-order valence-corrected chi connectivity index (χ3v) is 5.02. The summed E-state index contributed by atoms with van der Waals surface area (Å²) in [7, 11) is 1.67. The zero-order valence-corrected chi connectivity index (χ0v) is 15.4. The van der Waals surface area contributed by atoms with Crippen molar-refractivity contribution in [1.82, 2.24) is 0 Å². The van der Waals surface area contributed by atoms with Crippen LogP contribution in [0.3, 0.4) is 0 Å². The van der Waals surface area contributed by atoms with Gasteiger partial charge >= 0.3 is 0 Å². The van der Waals surface area contributed by atoms with E-state index in [1.165, 1.54) is 16.7 Å². The minimum atomic E-state index is 0.0346. The Morgan fingerprint density at radius 2 is 1.80 bits per heavy atom. The van der Waals surface area contributed by atoms with Crippen LogP contribution in [0.2, 0.25) is 5.02 Å². The summed E-state index contributed by atoms with van der Waals surface area (Å²) in [5.41, 5.74) is 4.70. The predicted octanol–water partition coefficient (Wildman–Crippen LogP) is 6.21. The van der Waals surface area contributed by atoms with Gasteiger partial charge in [-0.05, 0) is 53.0 Å². The molecular formula is C16H15Br2ClO. The van der Waals surface area contributed by atoms with Gasteiger partial charge in [-0.1, -0.05) is 51.3 Å². The van der Waals surface area contributed by atoms with Crippen molar-refractivity contribution >= 4 is 43.5 Å². The molecule has 0 heterocycles. The van der Waals surface area contributed by atoms with E-state index >= 15 is 0 Å². The number of methoxy groups -OCH3 is 1. The lowest BCUT2D eigenvalue weighted by molar-refractivity contribution is 0.408. The van der Waals surface area contributed by atoms with Crippen LogP contribution >= 0.6 is 43.5 Å². The van der Waals surface area contributed by atoms with E-state index in [0.717, 1.165) is 15.8 Å². The van der Waals surface area contributed by atoms with Crippen LogP contribution in [0.15, 0.2) is 34.8 Å². The van der Waals surface area contributed by atoms with Gasteiger partial charge in [-0.2, -0.15) is 0 Å². The summed E-state index contributed by atoms with van der Waals surface area (Å²) in [6.45, 7) is 4.20. The molecule has 0 aliphatic heterocycles. The quantitative estimate of drug-likeness (QED) is 0.538. The van der Waals surface area contributed by atoms with Crippen molar-refractivity contribution in [2.75, 3.05) is 7.11 Å². The highest BCUT2D eigenvalue weighted by Crippen LogP contribution is 2.43. The largest absolute Gasteiger partial charge is 0.495 e. The van der Waals surface area contributed by atoms with Gasteiger partial charge < -0.3 is 4.74 Å². The fraction of sp³-hybridized carbons (Fsp3) is 0.250. The molecule has 1 unspecified atom stereocenters. The first kappa shape index (κ1) is 15.9. The molecule has 0 aliphatic rings. The van der Waals surface area contributed by atoms with Crippen molar-refractivity contribution in [3.63, 3.8) is 0 Å². The van der Waals surface area contributed by atoms with Crippen molar-refractivity contribution in [2.24, 2.45) is 0 Å². The first-order chi connectivity index (χ1) is 9.43. The van der Waals surface area contributed by atoms with E-state index < -0.39 is 0 Å². The molecule has 0 bridgehead atoms. The lowest BCUT2D eigenvalue weighted by Gasteiger charge is -2.18. The van der Waals surface area contributed by atoms with Gasteiger partial charge in [0.1, 0.15) is 5.75 Å². The normalized spacial score (nSPS) is 12.3. The molecule has 0 saturated carbocycles. The van der Waals surface area contributed by atoms with E-state index in [1.54, 1.807) is 7.11 Å². The molecular weight excluding hydrogens is 403 g/mol. The summed E-state index contributed by atoms with van der Waals surface area (Å²) >= 11 is 13.5. The highest BCUT2D eigenvalue weighted by atomic mass is 79.9. The van der Waals surface area contributed by atoms with E-state index in [4.69, 9.17) is 16.3 Å². The number of ether oxygens (including phenoxy) is 1. The van der Waals surface area contributed by atoms with E-state index in [2.05, 4.69) is 63.9 Å². The molecule has 0 amide bonds. The number of alkyl halides is 1. The Morgan fingerprint density at radius 1 is 1.10 bits per heavy atom. The Kier molecular flexibility index (Phi) is 5.16. The molecule has 0 spiro atoms. The molecule has 2 aromatic carbocycles. The van der Waals surface area contributed by atoms with Gasteiger partial charge in [-0.25, -0.2) is 0 Å². The summed E-state index contributed by atoms with van der Waals surface area (Å²) in [6.07, 6.45) is 0. The summed E-state index contributed by atoms with van der Waals surface area (Å²) in [5.74, 6) is 0.803. The Labute approximate surface area is 141 Å². The van der Waals surface area contributed by atoms with Crippen LogP contribution in [-0.4, -0.2) is 7.11 Å². The second-order valence-corrected chi connectivity index (χ2v) is 6.94. The standard InChI is InChI=1S/C16H15Br2ClO/c1-9-4-5-10(2)12(6-9)15(18)13-7-11(19)8-14(17)16(13)20-3/h4-8,15H,1-3H3. The summed E-state index contributed by atoms with van der Waals surface area (Å²) in [5, 5.41) is 0.683. The minimum Gasteiger partial charge on any atom is -0.495 e. The lowest BCUT2D eigenvalue weighted by atomic mass is 9.98. The third kappa shape index (κ3) is 3.21. The molecule has 106 valence electrons. The van der Waals surface area contributed by atoms with E-state index in [1.807, 2.05) is 12.1 Å². The van der Waals surface area contributed by atoms with Gasteiger partial charge in [0.25, 0.3) is 0 Å². The molecule has 20 heavy (non-hydrogen) atoms. The van der Waals surface area contributed by atoms with Gasteiger partial charge in [0.2, 0.25) is 0 Å². The van der Waals surface area contributed by atoms with Crippen molar-refractivity contribution in [2.45, 2.75) is 18.7 Å². The molecule has 4 heteroatoms. The third-order valence-electron chi connectivity index (χ3n) is 3.22. The minimum absolute atomic E-state index is 0.0346. The molecule has 0 radical (unpaired) electrons. The molecule has 2 aromatic rings. The van der Waals surface area contributed by atoms with Gasteiger partial charge in [-0.15, -0.1) is 0 Å². The Bertz CT molecular complexity index is 641. The zero-order valence-electron chi connectivity index (χ0n) is 11.5. The van der Waals surface area contributed by atoms with Crippen LogP contribution in [0.4, 0.5) is 0 Å². The monoisotopic (exact) mass is 416 g/mol. The Hall–Kier alpha value is -0.510. The second kappa shape index (κ2) is 6.50. The Balaban J connectivity index is 2.58. The molecule has 1 nitrogen and oxygen atoms in total. The van der Waals surface area contributed by atoms with Crippen LogP contribution in [0.25, 0.3) is 0 Å². The fourth-order valence-electron chi connectivity index (χ4n) is 2.18. The van der Waals surface area contributed by atoms with E-state index in [0.29, 0.717) is 5.02 Å².